The number of imide groups is 1. The smallest absolute Gasteiger partial charge is 0.276 e. The number of nitrogens with zero attached hydrogens (tertiary/aromatic N) is 3. The van der Waals surface area contributed by atoms with Gasteiger partial charge in [0.25, 0.3) is 11.8 Å². The first-order valence-corrected chi connectivity index (χ1v) is 8.70. The Labute approximate surface area is 158 Å². The van der Waals surface area contributed by atoms with Gasteiger partial charge in [0, 0.05) is 24.1 Å². The summed E-state index contributed by atoms with van der Waals surface area (Å²) in [5.74, 6) is -1.17. The fourth-order valence-corrected chi connectivity index (χ4v) is 3.70. The molecule has 0 bridgehead atoms. The summed E-state index contributed by atoms with van der Waals surface area (Å²) in [5, 5.41) is 3.10. The molecule has 0 atom stereocenters. The number of amides is 2. The summed E-state index contributed by atoms with van der Waals surface area (Å²) >= 11 is 0. The van der Waals surface area contributed by atoms with Gasteiger partial charge in [-0.2, -0.15) is 0 Å². The van der Waals surface area contributed by atoms with Gasteiger partial charge in [-0.15, -0.1) is 0 Å². The van der Waals surface area contributed by atoms with Crippen molar-refractivity contribution in [2.45, 2.75) is 6.92 Å². The van der Waals surface area contributed by atoms with Gasteiger partial charge in [-0.25, -0.2) is 4.98 Å². The van der Waals surface area contributed by atoms with Crippen molar-refractivity contribution in [1.29, 1.82) is 0 Å². The first-order valence-electron chi connectivity index (χ1n) is 8.70. The van der Waals surface area contributed by atoms with E-state index in [-0.39, 0.29) is 17.2 Å². The molecular formula is C21H14N4O3. The number of hydrogen-bond acceptors (Lipinski definition) is 4. The van der Waals surface area contributed by atoms with E-state index in [1.54, 1.807) is 10.8 Å². The third-order valence-corrected chi connectivity index (χ3v) is 4.92. The molecule has 1 aliphatic rings. The van der Waals surface area contributed by atoms with Crippen LogP contribution in [0.2, 0.25) is 0 Å². The number of imidazole rings is 1. The molecule has 136 valence electrons. The molecule has 0 unspecified atom stereocenters. The number of nitrogens with one attached hydrogen (secondary N) is 1. The van der Waals surface area contributed by atoms with Crippen LogP contribution in [0, 0.1) is 0 Å². The molecule has 1 N–H and O–H groups in total. The zero-order valence-electron chi connectivity index (χ0n) is 14.8. The van der Waals surface area contributed by atoms with Crippen molar-refractivity contribution in [3.05, 3.63) is 66.6 Å². The van der Waals surface area contributed by atoms with Gasteiger partial charge in [-0.3, -0.25) is 28.8 Å². The summed E-state index contributed by atoms with van der Waals surface area (Å²) in [4.78, 5) is 41.8. The third kappa shape index (κ3) is 2.16. The van der Waals surface area contributed by atoms with Crippen LogP contribution < -0.4 is 5.32 Å². The Morgan fingerprint density at radius 2 is 1.68 bits per heavy atom. The Bertz CT molecular complexity index is 1360. The lowest BCUT2D eigenvalue weighted by atomic mass is 10.0. The quantitative estimate of drug-likeness (QED) is 0.550. The fraction of sp³-hybridized carbons (Fsp3) is 0.0476. The van der Waals surface area contributed by atoms with Crippen molar-refractivity contribution >= 4 is 50.9 Å². The maximum Gasteiger partial charge on any atom is 0.276 e. The van der Waals surface area contributed by atoms with Crippen LogP contribution in [0.1, 0.15) is 17.3 Å². The summed E-state index contributed by atoms with van der Waals surface area (Å²) in [6, 6.07) is 14.7. The van der Waals surface area contributed by atoms with E-state index in [1.165, 1.54) is 17.8 Å². The predicted molar refractivity (Wildman–Crippen MR) is 104 cm³/mol. The van der Waals surface area contributed by atoms with Crippen LogP contribution in [-0.2, 0) is 9.59 Å². The summed E-state index contributed by atoms with van der Waals surface area (Å²) in [7, 11) is 0. The maximum atomic E-state index is 12.7. The molecule has 0 spiro atoms. The molecule has 0 saturated heterocycles. The number of para-hydroxylation sites is 3. The van der Waals surface area contributed by atoms with E-state index in [0.717, 1.165) is 10.9 Å². The molecule has 0 fully saturated rings. The van der Waals surface area contributed by atoms with Gasteiger partial charge in [-0.1, -0.05) is 30.3 Å². The van der Waals surface area contributed by atoms with Crippen molar-refractivity contribution < 1.29 is 14.4 Å². The van der Waals surface area contributed by atoms with Crippen LogP contribution in [0.5, 0.6) is 0 Å². The van der Waals surface area contributed by atoms with Crippen molar-refractivity contribution in [2.75, 3.05) is 0 Å². The molecule has 1 aliphatic heterocycles. The number of benzene rings is 2. The van der Waals surface area contributed by atoms with Gasteiger partial charge in [0.15, 0.2) is 0 Å². The minimum atomic E-state index is -0.497. The Kier molecular flexibility index (Phi) is 3.33. The predicted octanol–water partition coefficient (Wildman–Crippen LogP) is 2.68. The molecule has 4 aromatic rings. The first-order chi connectivity index (χ1) is 13.6. The Hall–Kier alpha value is -4.00. The SMILES string of the molecule is CC(=O)n1cc(C2=C(n3cnc4ccccc43)C(=O)NC2=O)c2ccccc21. The number of hydrogen-bond donors (Lipinski definition) is 1. The monoisotopic (exact) mass is 370 g/mol. The van der Waals surface area contributed by atoms with E-state index in [1.807, 2.05) is 48.5 Å². The van der Waals surface area contributed by atoms with Crippen molar-refractivity contribution in [3.63, 3.8) is 0 Å². The van der Waals surface area contributed by atoms with E-state index in [0.29, 0.717) is 16.6 Å². The number of aromatic nitrogens is 3. The lowest BCUT2D eigenvalue weighted by molar-refractivity contribution is -0.122. The van der Waals surface area contributed by atoms with Gasteiger partial charge >= 0.3 is 0 Å². The summed E-state index contributed by atoms with van der Waals surface area (Å²) in [5.41, 5.74) is 3.07. The Balaban J connectivity index is 1.87. The molecular weight excluding hydrogens is 356 g/mol. The van der Waals surface area contributed by atoms with Gasteiger partial charge in [0.1, 0.15) is 12.0 Å². The van der Waals surface area contributed by atoms with Crippen LogP contribution in [0.25, 0.3) is 33.2 Å². The highest BCUT2D eigenvalue weighted by Gasteiger charge is 2.35. The highest BCUT2D eigenvalue weighted by molar-refractivity contribution is 6.47. The third-order valence-electron chi connectivity index (χ3n) is 4.92. The highest BCUT2D eigenvalue weighted by Crippen LogP contribution is 2.34. The van der Waals surface area contributed by atoms with Crippen LogP contribution in [0.3, 0.4) is 0 Å². The number of carbonyl (C=O) groups is 3. The Morgan fingerprint density at radius 1 is 0.964 bits per heavy atom. The first kappa shape index (κ1) is 16.2. The second-order valence-corrected chi connectivity index (χ2v) is 6.56. The zero-order chi connectivity index (χ0) is 19.4. The summed E-state index contributed by atoms with van der Waals surface area (Å²) in [6.45, 7) is 1.45. The van der Waals surface area contributed by atoms with Crippen molar-refractivity contribution in [2.24, 2.45) is 0 Å². The summed E-state index contributed by atoms with van der Waals surface area (Å²) < 4.78 is 3.10. The average molecular weight is 370 g/mol. The highest BCUT2D eigenvalue weighted by atomic mass is 16.2. The largest absolute Gasteiger partial charge is 0.293 e. The Morgan fingerprint density at radius 3 is 2.46 bits per heavy atom. The van der Waals surface area contributed by atoms with E-state index in [9.17, 15) is 14.4 Å². The van der Waals surface area contributed by atoms with Crippen molar-refractivity contribution in [1.82, 2.24) is 19.4 Å². The van der Waals surface area contributed by atoms with E-state index >= 15 is 0 Å². The van der Waals surface area contributed by atoms with Gasteiger partial charge in [-0.05, 0) is 18.2 Å². The van der Waals surface area contributed by atoms with Gasteiger partial charge in [0.05, 0.1) is 22.1 Å². The molecule has 0 aliphatic carbocycles. The van der Waals surface area contributed by atoms with E-state index in [2.05, 4.69) is 10.3 Å². The molecule has 2 aromatic carbocycles. The molecule has 7 heteroatoms. The lowest BCUT2D eigenvalue weighted by Crippen LogP contribution is -2.23. The van der Waals surface area contributed by atoms with E-state index in [4.69, 9.17) is 0 Å². The number of fused-ring (bicyclic) bond motifs is 2. The van der Waals surface area contributed by atoms with Crippen LogP contribution in [-0.4, -0.2) is 31.8 Å². The van der Waals surface area contributed by atoms with Crippen LogP contribution >= 0.6 is 0 Å². The topological polar surface area (TPSA) is 86.0 Å². The van der Waals surface area contributed by atoms with Crippen LogP contribution in [0.4, 0.5) is 0 Å². The van der Waals surface area contributed by atoms with Crippen LogP contribution in [0.15, 0.2) is 61.1 Å². The molecule has 0 radical (unpaired) electrons. The van der Waals surface area contributed by atoms with Gasteiger partial charge in [0.2, 0.25) is 5.91 Å². The minimum Gasteiger partial charge on any atom is -0.293 e. The summed E-state index contributed by atoms with van der Waals surface area (Å²) in [6.07, 6.45) is 3.14. The minimum absolute atomic E-state index is 0.178. The average Bonchev–Trinajstić information content (AvgIpc) is 3.34. The molecule has 0 saturated carbocycles. The molecule has 2 amide bonds. The molecule has 2 aromatic heterocycles. The standard InChI is InChI=1S/C21H14N4O3/c1-12(26)24-10-14(13-6-2-4-8-16(13)24)18-19(21(28)23-20(18)27)25-11-22-15-7-3-5-9-17(15)25/h2-11H,1H3,(H,23,27,28). The maximum absolute atomic E-state index is 12.7. The second-order valence-electron chi connectivity index (χ2n) is 6.56. The lowest BCUT2D eigenvalue weighted by Gasteiger charge is -2.06. The number of rotatable bonds is 2. The zero-order valence-corrected chi connectivity index (χ0v) is 14.8. The second kappa shape index (κ2) is 5.75. The molecule has 28 heavy (non-hydrogen) atoms. The molecule has 7 nitrogen and oxygen atoms in total. The van der Waals surface area contributed by atoms with Gasteiger partial charge < -0.3 is 0 Å². The van der Waals surface area contributed by atoms with Crippen molar-refractivity contribution in [3.8, 4) is 0 Å². The number of carbonyl (C=O) groups excluding carboxylic acids is 3. The van der Waals surface area contributed by atoms with E-state index < -0.39 is 11.8 Å². The molecule has 3 heterocycles. The normalized spacial score (nSPS) is 14.3. The molecule has 5 rings (SSSR count). The fourth-order valence-electron chi connectivity index (χ4n) is 3.70.